The molecular weight excluding hydrogens is 264 g/mol. The molecule has 1 aliphatic heterocycles. The summed E-state index contributed by atoms with van der Waals surface area (Å²) in [4.78, 5) is 14.4. The first kappa shape index (κ1) is 15.5. The van der Waals surface area contributed by atoms with Gasteiger partial charge in [0.15, 0.2) is 0 Å². The van der Waals surface area contributed by atoms with E-state index in [2.05, 4.69) is 21.6 Å². The molecule has 112 valence electrons. The molecule has 0 aliphatic carbocycles. The molecule has 1 aromatic carbocycles. The fourth-order valence-electron chi connectivity index (χ4n) is 2.79. The minimum Gasteiger partial charge on any atom is -0.325 e. The molecule has 2 rings (SSSR count). The maximum absolute atomic E-state index is 12.2. The van der Waals surface area contributed by atoms with E-state index in [1.165, 1.54) is 6.42 Å². The van der Waals surface area contributed by atoms with Crippen molar-refractivity contribution in [2.75, 3.05) is 32.0 Å². The second kappa shape index (κ2) is 7.77. The summed E-state index contributed by atoms with van der Waals surface area (Å²) in [6, 6.07) is 9.51. The molecular formula is C16H22N4O. The van der Waals surface area contributed by atoms with Gasteiger partial charge in [-0.3, -0.25) is 9.69 Å². The third-order valence-electron chi connectivity index (χ3n) is 3.81. The third-order valence-corrected chi connectivity index (χ3v) is 3.81. The highest BCUT2D eigenvalue weighted by atomic mass is 16.2. The van der Waals surface area contributed by atoms with Gasteiger partial charge in [0.2, 0.25) is 5.91 Å². The second-order valence-electron chi connectivity index (χ2n) is 5.42. The Morgan fingerprint density at radius 3 is 3.10 bits per heavy atom. The lowest BCUT2D eigenvalue weighted by Crippen LogP contribution is -2.47. The Bertz CT molecular complexity index is 521. The summed E-state index contributed by atoms with van der Waals surface area (Å²) in [6.45, 7) is 2.29. The maximum Gasteiger partial charge on any atom is 0.238 e. The quantitative estimate of drug-likeness (QED) is 0.862. The van der Waals surface area contributed by atoms with Gasteiger partial charge in [-0.2, -0.15) is 5.26 Å². The Morgan fingerprint density at radius 1 is 1.48 bits per heavy atom. The summed E-state index contributed by atoms with van der Waals surface area (Å²) in [5, 5.41) is 14.9. The number of likely N-dealkylation sites (N-methyl/N-ethyl adjacent to an activating group) is 1. The number of nitrogens with one attached hydrogen (secondary N) is 2. The molecule has 1 amide bonds. The van der Waals surface area contributed by atoms with Crippen LogP contribution < -0.4 is 10.6 Å². The SMILES string of the molecule is CNCC1CCCCN1CC(=O)Nc1cccc(C#N)c1. The number of likely N-dealkylation sites (tertiary alicyclic amines) is 1. The van der Waals surface area contributed by atoms with Gasteiger partial charge in [-0.25, -0.2) is 0 Å². The van der Waals surface area contributed by atoms with Crippen molar-refractivity contribution in [3.05, 3.63) is 29.8 Å². The molecule has 5 nitrogen and oxygen atoms in total. The van der Waals surface area contributed by atoms with Crippen molar-refractivity contribution in [2.45, 2.75) is 25.3 Å². The molecule has 0 radical (unpaired) electrons. The van der Waals surface area contributed by atoms with E-state index in [1.54, 1.807) is 24.3 Å². The lowest BCUT2D eigenvalue weighted by Gasteiger charge is -2.35. The van der Waals surface area contributed by atoms with Gasteiger partial charge in [0, 0.05) is 18.3 Å². The number of benzene rings is 1. The molecule has 0 bridgehead atoms. The fourth-order valence-corrected chi connectivity index (χ4v) is 2.79. The van der Waals surface area contributed by atoms with Crippen molar-refractivity contribution < 1.29 is 4.79 Å². The molecule has 1 atom stereocenters. The first-order chi connectivity index (χ1) is 10.2. The minimum atomic E-state index is -0.0203. The van der Waals surface area contributed by atoms with Crippen molar-refractivity contribution >= 4 is 11.6 Å². The van der Waals surface area contributed by atoms with Crippen LogP contribution in [0.5, 0.6) is 0 Å². The van der Waals surface area contributed by atoms with Gasteiger partial charge < -0.3 is 10.6 Å². The molecule has 21 heavy (non-hydrogen) atoms. The molecule has 0 aromatic heterocycles. The lowest BCUT2D eigenvalue weighted by atomic mass is 10.0. The predicted molar refractivity (Wildman–Crippen MR) is 82.9 cm³/mol. The average molecular weight is 286 g/mol. The van der Waals surface area contributed by atoms with Gasteiger partial charge in [0.1, 0.15) is 0 Å². The monoisotopic (exact) mass is 286 g/mol. The number of anilines is 1. The number of carbonyl (C=O) groups is 1. The third kappa shape index (κ3) is 4.55. The summed E-state index contributed by atoms with van der Waals surface area (Å²) < 4.78 is 0. The lowest BCUT2D eigenvalue weighted by molar-refractivity contribution is -0.118. The summed E-state index contributed by atoms with van der Waals surface area (Å²) in [5.74, 6) is -0.0203. The zero-order valence-electron chi connectivity index (χ0n) is 12.4. The normalized spacial score (nSPS) is 19.0. The van der Waals surface area contributed by atoms with Gasteiger partial charge in [0.25, 0.3) is 0 Å². The largest absolute Gasteiger partial charge is 0.325 e. The number of hydrogen-bond donors (Lipinski definition) is 2. The van der Waals surface area contributed by atoms with Crippen molar-refractivity contribution in [3.8, 4) is 6.07 Å². The van der Waals surface area contributed by atoms with Gasteiger partial charge in [-0.15, -0.1) is 0 Å². The van der Waals surface area contributed by atoms with Gasteiger partial charge in [-0.1, -0.05) is 12.5 Å². The summed E-state index contributed by atoms with van der Waals surface area (Å²) in [7, 11) is 1.94. The van der Waals surface area contributed by atoms with Crippen LogP contribution in [-0.2, 0) is 4.79 Å². The molecule has 5 heteroatoms. The number of rotatable bonds is 5. The Balaban J connectivity index is 1.92. The maximum atomic E-state index is 12.2. The van der Waals surface area contributed by atoms with E-state index in [0.29, 0.717) is 23.8 Å². The van der Waals surface area contributed by atoms with Crippen LogP contribution in [0.2, 0.25) is 0 Å². The molecule has 1 heterocycles. The van der Waals surface area contributed by atoms with Crippen LogP contribution in [0.1, 0.15) is 24.8 Å². The minimum absolute atomic E-state index is 0.0203. The van der Waals surface area contributed by atoms with Crippen molar-refractivity contribution in [3.63, 3.8) is 0 Å². The predicted octanol–water partition coefficient (Wildman–Crippen LogP) is 1.57. The van der Waals surface area contributed by atoms with E-state index >= 15 is 0 Å². The first-order valence-corrected chi connectivity index (χ1v) is 7.41. The van der Waals surface area contributed by atoms with Crippen LogP contribution in [0.15, 0.2) is 24.3 Å². The standard InChI is InChI=1S/C16H22N4O/c1-18-11-15-7-2-3-8-20(15)12-16(21)19-14-6-4-5-13(9-14)10-17/h4-6,9,15,18H,2-3,7-8,11-12H2,1H3,(H,19,21). The number of amides is 1. The summed E-state index contributed by atoms with van der Waals surface area (Å²) in [6.07, 6.45) is 3.52. The highest BCUT2D eigenvalue weighted by Crippen LogP contribution is 2.16. The van der Waals surface area contributed by atoms with Crippen molar-refractivity contribution in [2.24, 2.45) is 0 Å². The van der Waals surface area contributed by atoms with Crippen LogP contribution in [0.4, 0.5) is 5.69 Å². The molecule has 0 saturated carbocycles. The van der Waals surface area contributed by atoms with Gasteiger partial charge >= 0.3 is 0 Å². The average Bonchev–Trinajstić information content (AvgIpc) is 2.49. The second-order valence-corrected chi connectivity index (χ2v) is 5.42. The number of piperidine rings is 1. The van der Waals surface area contributed by atoms with Crippen LogP contribution >= 0.6 is 0 Å². The van der Waals surface area contributed by atoms with E-state index in [-0.39, 0.29) is 5.91 Å². The molecule has 1 saturated heterocycles. The zero-order chi connectivity index (χ0) is 15.1. The van der Waals surface area contributed by atoms with Gasteiger partial charge in [-0.05, 0) is 44.6 Å². The first-order valence-electron chi connectivity index (χ1n) is 7.41. The van der Waals surface area contributed by atoms with E-state index in [9.17, 15) is 4.79 Å². The van der Waals surface area contributed by atoms with Crippen LogP contribution in [0.25, 0.3) is 0 Å². The van der Waals surface area contributed by atoms with Crippen molar-refractivity contribution in [1.82, 2.24) is 10.2 Å². The zero-order valence-corrected chi connectivity index (χ0v) is 12.4. The molecule has 1 aromatic rings. The topological polar surface area (TPSA) is 68.2 Å². The Labute approximate surface area is 125 Å². The van der Waals surface area contributed by atoms with Crippen LogP contribution in [0, 0.1) is 11.3 Å². The van der Waals surface area contributed by atoms with E-state index in [0.717, 1.165) is 25.9 Å². The molecule has 0 spiro atoms. The Morgan fingerprint density at radius 2 is 2.33 bits per heavy atom. The van der Waals surface area contributed by atoms with E-state index in [1.807, 2.05) is 7.05 Å². The van der Waals surface area contributed by atoms with E-state index < -0.39 is 0 Å². The van der Waals surface area contributed by atoms with Crippen LogP contribution in [0.3, 0.4) is 0 Å². The number of hydrogen-bond acceptors (Lipinski definition) is 4. The molecule has 1 fully saturated rings. The summed E-state index contributed by atoms with van der Waals surface area (Å²) in [5.41, 5.74) is 1.24. The Hall–Kier alpha value is -1.90. The number of carbonyl (C=O) groups excluding carboxylic acids is 1. The molecule has 2 N–H and O–H groups in total. The highest BCUT2D eigenvalue weighted by Gasteiger charge is 2.23. The van der Waals surface area contributed by atoms with Crippen LogP contribution in [-0.4, -0.2) is 43.5 Å². The number of nitrogens with zero attached hydrogens (tertiary/aromatic N) is 2. The number of nitriles is 1. The molecule has 1 aliphatic rings. The highest BCUT2D eigenvalue weighted by molar-refractivity contribution is 5.92. The van der Waals surface area contributed by atoms with E-state index in [4.69, 9.17) is 5.26 Å². The summed E-state index contributed by atoms with van der Waals surface area (Å²) >= 11 is 0. The smallest absolute Gasteiger partial charge is 0.238 e. The molecule has 1 unspecified atom stereocenters. The Kier molecular flexibility index (Phi) is 5.73. The van der Waals surface area contributed by atoms with Crippen molar-refractivity contribution in [1.29, 1.82) is 5.26 Å². The van der Waals surface area contributed by atoms with Gasteiger partial charge in [0.05, 0.1) is 18.2 Å². The fraction of sp³-hybridized carbons (Fsp3) is 0.500.